The summed E-state index contributed by atoms with van der Waals surface area (Å²) in [4.78, 5) is 23.8. The molecule has 3 nitrogen and oxygen atoms in total. The highest BCUT2D eigenvalue weighted by Crippen LogP contribution is 2.68. The molecular weight excluding hydrogens is 228 g/mol. The molecule has 96 valence electrons. The van der Waals surface area contributed by atoms with E-state index in [1.807, 2.05) is 6.92 Å². The van der Waals surface area contributed by atoms with Gasteiger partial charge in [-0.1, -0.05) is 25.7 Å². The van der Waals surface area contributed by atoms with E-state index in [1.165, 1.54) is 6.92 Å². The van der Waals surface area contributed by atoms with Gasteiger partial charge in [0.1, 0.15) is 11.9 Å². The zero-order valence-corrected chi connectivity index (χ0v) is 10.9. The molecule has 0 N–H and O–H groups in total. The molecule has 2 fully saturated rings. The minimum Gasteiger partial charge on any atom is -0.457 e. The van der Waals surface area contributed by atoms with Crippen molar-refractivity contribution in [1.82, 2.24) is 0 Å². The molecule has 0 amide bonds. The maximum Gasteiger partial charge on any atom is 0.303 e. The molecule has 0 heterocycles. The SMILES string of the molecule is C=C1[C@H]2C[C@@]3(C=CCC[C@@]3(C)C2=O)[C@H]1OC(C)=O. The van der Waals surface area contributed by atoms with Crippen molar-refractivity contribution < 1.29 is 14.3 Å². The first kappa shape index (κ1) is 11.7. The zero-order valence-electron chi connectivity index (χ0n) is 10.9. The summed E-state index contributed by atoms with van der Waals surface area (Å²) in [6, 6.07) is 0. The molecule has 2 bridgehead atoms. The van der Waals surface area contributed by atoms with Gasteiger partial charge in [-0.15, -0.1) is 0 Å². The normalized spacial score (nSPS) is 45.2. The standard InChI is InChI=1S/C15H18O3/c1-9-11-8-15(13(9)18-10(2)16)7-5-4-6-14(15,3)12(11)17/h5,7,11,13H,1,4,6,8H2,2-3H3/t11-,13+,14+,15+/m1/s1. The van der Waals surface area contributed by atoms with Crippen LogP contribution in [0.1, 0.15) is 33.1 Å². The van der Waals surface area contributed by atoms with Crippen LogP contribution in [0.25, 0.3) is 0 Å². The molecule has 2 saturated carbocycles. The lowest BCUT2D eigenvalue weighted by molar-refractivity contribution is -0.156. The van der Waals surface area contributed by atoms with E-state index in [2.05, 4.69) is 18.7 Å². The minimum atomic E-state index is -0.381. The maximum absolute atomic E-state index is 12.5. The van der Waals surface area contributed by atoms with Crippen LogP contribution in [0.3, 0.4) is 0 Å². The molecule has 4 atom stereocenters. The molecule has 1 spiro atoms. The van der Waals surface area contributed by atoms with E-state index in [4.69, 9.17) is 4.74 Å². The average Bonchev–Trinajstić information content (AvgIpc) is 2.70. The predicted octanol–water partition coefficient (Wildman–Crippen LogP) is 2.42. The van der Waals surface area contributed by atoms with E-state index < -0.39 is 0 Å². The molecule has 3 aliphatic rings. The van der Waals surface area contributed by atoms with Gasteiger partial charge in [-0.3, -0.25) is 9.59 Å². The molecule has 0 saturated heterocycles. The van der Waals surface area contributed by atoms with Gasteiger partial charge in [-0.05, 0) is 24.8 Å². The van der Waals surface area contributed by atoms with Crippen LogP contribution in [-0.4, -0.2) is 17.9 Å². The molecular formula is C15H18O3. The van der Waals surface area contributed by atoms with Gasteiger partial charge in [0.2, 0.25) is 0 Å². The van der Waals surface area contributed by atoms with E-state index in [-0.39, 0.29) is 28.8 Å². The smallest absolute Gasteiger partial charge is 0.303 e. The van der Waals surface area contributed by atoms with Crippen molar-refractivity contribution in [3.63, 3.8) is 0 Å². The Morgan fingerprint density at radius 2 is 2.28 bits per heavy atom. The number of allylic oxidation sites excluding steroid dienone is 1. The van der Waals surface area contributed by atoms with Gasteiger partial charge >= 0.3 is 5.97 Å². The molecule has 0 aromatic rings. The van der Waals surface area contributed by atoms with Crippen molar-refractivity contribution in [2.75, 3.05) is 0 Å². The first-order valence-corrected chi connectivity index (χ1v) is 6.50. The third-order valence-electron chi connectivity index (χ3n) is 5.19. The topological polar surface area (TPSA) is 43.4 Å². The lowest BCUT2D eigenvalue weighted by Gasteiger charge is -2.47. The molecule has 3 rings (SSSR count). The lowest BCUT2D eigenvalue weighted by atomic mass is 9.57. The number of esters is 1. The van der Waals surface area contributed by atoms with Crippen molar-refractivity contribution in [1.29, 1.82) is 0 Å². The van der Waals surface area contributed by atoms with Crippen LogP contribution in [0.5, 0.6) is 0 Å². The third-order valence-corrected chi connectivity index (χ3v) is 5.19. The van der Waals surface area contributed by atoms with E-state index in [1.54, 1.807) is 0 Å². The number of hydrogen-bond acceptors (Lipinski definition) is 3. The quantitative estimate of drug-likeness (QED) is 0.527. The third kappa shape index (κ3) is 1.10. The summed E-state index contributed by atoms with van der Waals surface area (Å²) in [6.07, 6.45) is 6.45. The summed E-state index contributed by atoms with van der Waals surface area (Å²) in [6.45, 7) is 7.45. The summed E-state index contributed by atoms with van der Waals surface area (Å²) >= 11 is 0. The predicted molar refractivity (Wildman–Crippen MR) is 66.7 cm³/mol. The van der Waals surface area contributed by atoms with E-state index >= 15 is 0 Å². The fourth-order valence-electron chi connectivity index (χ4n) is 4.19. The van der Waals surface area contributed by atoms with E-state index in [0.717, 1.165) is 24.8 Å². The van der Waals surface area contributed by atoms with Gasteiger partial charge in [0.15, 0.2) is 0 Å². The minimum absolute atomic E-state index is 0.123. The number of hydrogen-bond donors (Lipinski definition) is 0. The van der Waals surface area contributed by atoms with Crippen LogP contribution in [0.15, 0.2) is 24.3 Å². The molecule has 18 heavy (non-hydrogen) atoms. The van der Waals surface area contributed by atoms with Gasteiger partial charge in [0, 0.05) is 23.7 Å². The number of rotatable bonds is 1. The van der Waals surface area contributed by atoms with Crippen LogP contribution in [0.2, 0.25) is 0 Å². The lowest BCUT2D eigenvalue weighted by Crippen LogP contribution is -2.51. The number of fused-ring (bicyclic) bond motifs is 1. The van der Waals surface area contributed by atoms with Crippen molar-refractivity contribution in [3.8, 4) is 0 Å². The summed E-state index contributed by atoms with van der Waals surface area (Å²) in [5, 5.41) is 0. The Bertz CT molecular complexity index is 490. The number of carbonyl (C=O) groups excluding carboxylic acids is 2. The van der Waals surface area contributed by atoms with Crippen LogP contribution >= 0.6 is 0 Å². The second kappa shape index (κ2) is 3.34. The molecule has 0 aliphatic heterocycles. The number of ether oxygens (including phenoxy) is 1. The molecule has 0 aromatic carbocycles. The first-order valence-electron chi connectivity index (χ1n) is 6.50. The van der Waals surface area contributed by atoms with Crippen LogP contribution in [0.4, 0.5) is 0 Å². The van der Waals surface area contributed by atoms with Gasteiger partial charge < -0.3 is 4.74 Å². The molecule has 3 heteroatoms. The number of carbonyl (C=O) groups is 2. The first-order chi connectivity index (χ1) is 8.42. The van der Waals surface area contributed by atoms with Gasteiger partial charge in [-0.2, -0.15) is 0 Å². The van der Waals surface area contributed by atoms with Crippen molar-refractivity contribution >= 4 is 11.8 Å². The summed E-state index contributed by atoms with van der Waals surface area (Å²) in [7, 11) is 0. The van der Waals surface area contributed by atoms with Crippen LogP contribution in [0, 0.1) is 16.7 Å². The van der Waals surface area contributed by atoms with Gasteiger partial charge in [-0.25, -0.2) is 0 Å². The molecule has 0 aromatic heterocycles. The second-order valence-corrected chi connectivity index (χ2v) is 6.00. The fourth-order valence-corrected chi connectivity index (χ4v) is 4.19. The van der Waals surface area contributed by atoms with Crippen molar-refractivity contribution in [2.24, 2.45) is 16.7 Å². The molecule has 0 unspecified atom stereocenters. The van der Waals surface area contributed by atoms with E-state index in [0.29, 0.717) is 5.78 Å². The van der Waals surface area contributed by atoms with Gasteiger partial charge in [0.25, 0.3) is 0 Å². The summed E-state index contributed by atoms with van der Waals surface area (Å²) in [5.41, 5.74) is 0.0722. The largest absolute Gasteiger partial charge is 0.457 e. The molecule has 3 aliphatic carbocycles. The highest BCUT2D eigenvalue weighted by Gasteiger charge is 2.71. The zero-order chi connectivity index (χ0) is 13.1. The number of ketones is 1. The fraction of sp³-hybridized carbons (Fsp3) is 0.600. The summed E-state index contributed by atoms with van der Waals surface area (Å²) < 4.78 is 5.49. The maximum atomic E-state index is 12.5. The summed E-state index contributed by atoms with van der Waals surface area (Å²) in [5.74, 6) is -0.126. The Hall–Kier alpha value is -1.38. The van der Waals surface area contributed by atoms with Crippen molar-refractivity contribution in [2.45, 2.75) is 39.2 Å². The van der Waals surface area contributed by atoms with E-state index in [9.17, 15) is 9.59 Å². The second-order valence-electron chi connectivity index (χ2n) is 6.00. The Labute approximate surface area is 107 Å². The Morgan fingerprint density at radius 1 is 1.56 bits per heavy atom. The van der Waals surface area contributed by atoms with Crippen LogP contribution < -0.4 is 0 Å². The number of Topliss-reactive ketones (excluding diaryl/α,β-unsaturated/α-hetero) is 1. The average molecular weight is 246 g/mol. The monoisotopic (exact) mass is 246 g/mol. The Kier molecular flexibility index (Phi) is 2.17. The van der Waals surface area contributed by atoms with Gasteiger partial charge in [0.05, 0.1) is 0 Å². The Morgan fingerprint density at radius 3 is 2.94 bits per heavy atom. The highest BCUT2D eigenvalue weighted by molar-refractivity contribution is 5.95. The molecule has 0 radical (unpaired) electrons. The van der Waals surface area contributed by atoms with Crippen LogP contribution in [-0.2, 0) is 14.3 Å². The van der Waals surface area contributed by atoms with Crippen molar-refractivity contribution in [3.05, 3.63) is 24.3 Å². The highest BCUT2D eigenvalue weighted by atomic mass is 16.5. The Balaban J connectivity index is 2.12.